The van der Waals surface area contributed by atoms with Gasteiger partial charge in [0.2, 0.25) is 5.91 Å². The van der Waals surface area contributed by atoms with Crippen molar-refractivity contribution in [3.63, 3.8) is 0 Å². The van der Waals surface area contributed by atoms with Gasteiger partial charge in [0.15, 0.2) is 0 Å². The summed E-state index contributed by atoms with van der Waals surface area (Å²) in [5, 5.41) is 0.540. The van der Waals surface area contributed by atoms with Gasteiger partial charge in [-0.2, -0.15) is 11.8 Å². The Kier molecular flexibility index (Phi) is 4.93. The predicted molar refractivity (Wildman–Crippen MR) is 65.9 cm³/mol. The minimum atomic E-state index is 0.0164. The van der Waals surface area contributed by atoms with Crippen LogP contribution in [0.1, 0.15) is 27.2 Å². The van der Waals surface area contributed by atoms with Gasteiger partial charge in [-0.3, -0.25) is 4.79 Å². The lowest BCUT2D eigenvalue weighted by Gasteiger charge is -2.39. The number of nitrogens with zero attached hydrogens (tertiary/aromatic N) is 1. The van der Waals surface area contributed by atoms with Crippen LogP contribution in [0.5, 0.6) is 0 Å². The average molecular weight is 230 g/mol. The molecular weight excluding hydrogens is 208 g/mol. The van der Waals surface area contributed by atoms with Gasteiger partial charge in [-0.1, -0.05) is 13.8 Å². The van der Waals surface area contributed by atoms with Crippen LogP contribution in [-0.4, -0.2) is 40.9 Å². The van der Waals surface area contributed by atoms with Crippen molar-refractivity contribution in [2.45, 2.75) is 38.5 Å². The zero-order chi connectivity index (χ0) is 11.4. The van der Waals surface area contributed by atoms with Gasteiger partial charge < -0.3 is 10.6 Å². The Balaban J connectivity index is 2.65. The molecule has 1 amide bonds. The molecule has 1 aliphatic heterocycles. The molecule has 4 heteroatoms. The van der Waals surface area contributed by atoms with Crippen molar-refractivity contribution in [2.24, 2.45) is 11.7 Å². The molecule has 2 N–H and O–H groups in total. The minimum absolute atomic E-state index is 0.0164. The number of nitrogens with two attached hydrogens (primary N) is 1. The van der Waals surface area contributed by atoms with E-state index in [9.17, 15) is 4.79 Å². The third-order valence-corrected chi connectivity index (χ3v) is 4.63. The van der Waals surface area contributed by atoms with E-state index >= 15 is 0 Å². The van der Waals surface area contributed by atoms with Gasteiger partial charge >= 0.3 is 0 Å². The molecule has 1 fully saturated rings. The van der Waals surface area contributed by atoms with Crippen LogP contribution < -0.4 is 5.73 Å². The number of carbonyl (C=O) groups excluding carboxylic acids is 1. The van der Waals surface area contributed by atoms with Crippen LogP contribution in [0.3, 0.4) is 0 Å². The molecule has 0 aromatic carbocycles. The smallest absolute Gasteiger partial charge is 0.227 e. The predicted octanol–water partition coefficient (Wildman–Crippen LogP) is 1.32. The second kappa shape index (κ2) is 5.75. The van der Waals surface area contributed by atoms with Crippen LogP contribution in [0.2, 0.25) is 0 Å². The first-order chi connectivity index (χ1) is 7.11. The van der Waals surface area contributed by atoms with Crippen LogP contribution in [0.4, 0.5) is 0 Å². The van der Waals surface area contributed by atoms with Crippen LogP contribution in [0, 0.1) is 5.92 Å². The molecule has 3 atom stereocenters. The molecule has 1 saturated heterocycles. The zero-order valence-corrected chi connectivity index (χ0v) is 10.7. The molecule has 0 bridgehead atoms. The first kappa shape index (κ1) is 12.8. The lowest BCUT2D eigenvalue weighted by molar-refractivity contribution is -0.137. The van der Waals surface area contributed by atoms with E-state index in [-0.39, 0.29) is 11.8 Å². The molecule has 88 valence electrons. The summed E-state index contributed by atoms with van der Waals surface area (Å²) in [5.74, 6) is 1.32. The van der Waals surface area contributed by atoms with E-state index in [1.807, 2.05) is 23.6 Å². The molecule has 1 heterocycles. The monoisotopic (exact) mass is 230 g/mol. The largest absolute Gasteiger partial charge is 0.338 e. The lowest BCUT2D eigenvalue weighted by Crippen LogP contribution is -2.51. The summed E-state index contributed by atoms with van der Waals surface area (Å²) in [7, 11) is 0. The summed E-state index contributed by atoms with van der Waals surface area (Å²) in [6.45, 7) is 7.71. The van der Waals surface area contributed by atoms with Crippen molar-refractivity contribution in [3.05, 3.63) is 0 Å². The Hall–Kier alpha value is -0.220. The van der Waals surface area contributed by atoms with Crippen molar-refractivity contribution in [1.29, 1.82) is 0 Å². The Morgan fingerprint density at radius 3 is 2.80 bits per heavy atom. The van der Waals surface area contributed by atoms with Crippen molar-refractivity contribution in [2.75, 3.05) is 18.8 Å². The average Bonchev–Trinajstić information content (AvgIpc) is 2.23. The highest BCUT2D eigenvalue weighted by atomic mass is 32.2. The highest BCUT2D eigenvalue weighted by Gasteiger charge is 2.31. The Morgan fingerprint density at radius 1 is 1.60 bits per heavy atom. The molecular formula is C11H22N2OS. The number of amides is 1. The first-order valence-electron chi connectivity index (χ1n) is 5.74. The fraction of sp³-hybridized carbons (Fsp3) is 0.909. The van der Waals surface area contributed by atoms with E-state index in [1.54, 1.807) is 0 Å². The topological polar surface area (TPSA) is 46.3 Å². The van der Waals surface area contributed by atoms with E-state index in [2.05, 4.69) is 13.8 Å². The summed E-state index contributed by atoms with van der Waals surface area (Å²) in [6.07, 6.45) is 0.847. The molecule has 0 radical (unpaired) electrons. The van der Waals surface area contributed by atoms with Crippen molar-refractivity contribution < 1.29 is 4.79 Å². The van der Waals surface area contributed by atoms with Gasteiger partial charge in [-0.25, -0.2) is 0 Å². The fourth-order valence-corrected chi connectivity index (χ4v) is 3.02. The van der Waals surface area contributed by atoms with Crippen molar-refractivity contribution in [3.8, 4) is 0 Å². The molecule has 0 aromatic rings. The van der Waals surface area contributed by atoms with Crippen molar-refractivity contribution in [1.82, 2.24) is 4.90 Å². The number of rotatable bonds is 3. The quantitative estimate of drug-likeness (QED) is 0.795. The molecule has 0 aliphatic carbocycles. The fourth-order valence-electron chi connectivity index (χ4n) is 1.92. The highest BCUT2D eigenvalue weighted by molar-refractivity contribution is 8.00. The molecule has 1 aliphatic rings. The van der Waals surface area contributed by atoms with E-state index in [1.165, 1.54) is 0 Å². The first-order valence-corrected chi connectivity index (χ1v) is 6.78. The summed E-state index contributed by atoms with van der Waals surface area (Å²) in [4.78, 5) is 14.2. The molecule has 15 heavy (non-hydrogen) atoms. The second-order valence-electron chi connectivity index (χ2n) is 4.19. The molecule has 0 aromatic heterocycles. The van der Waals surface area contributed by atoms with Crippen LogP contribution in [-0.2, 0) is 4.79 Å². The van der Waals surface area contributed by atoms with E-state index < -0.39 is 0 Å². The van der Waals surface area contributed by atoms with Crippen LogP contribution in [0.15, 0.2) is 0 Å². The van der Waals surface area contributed by atoms with Gasteiger partial charge in [0.1, 0.15) is 0 Å². The maximum absolute atomic E-state index is 12.2. The van der Waals surface area contributed by atoms with Gasteiger partial charge in [-0.15, -0.1) is 0 Å². The van der Waals surface area contributed by atoms with Gasteiger partial charge in [-0.05, 0) is 13.3 Å². The third-order valence-electron chi connectivity index (χ3n) is 3.29. The van der Waals surface area contributed by atoms with E-state index in [0.717, 1.165) is 18.7 Å². The maximum Gasteiger partial charge on any atom is 0.227 e. The summed E-state index contributed by atoms with van der Waals surface area (Å²) in [6, 6.07) is 0.344. The third kappa shape index (κ3) is 2.88. The number of thioether (sulfide) groups is 1. The Labute approximate surface area is 96.8 Å². The maximum atomic E-state index is 12.2. The number of carbonyl (C=O) groups is 1. The standard InChI is InChI=1S/C11H22N2OS/c1-4-10(7-12)11(14)13-5-6-15-9(3)8(13)2/h8-10H,4-7,12H2,1-3H3. The molecule has 0 saturated carbocycles. The number of hydrogen-bond acceptors (Lipinski definition) is 3. The SMILES string of the molecule is CCC(CN)C(=O)N1CCSC(C)C1C. The molecule has 1 rings (SSSR count). The van der Waals surface area contributed by atoms with Gasteiger partial charge in [0.25, 0.3) is 0 Å². The second-order valence-corrected chi connectivity index (χ2v) is 5.67. The molecule has 3 nitrogen and oxygen atoms in total. The van der Waals surface area contributed by atoms with Crippen molar-refractivity contribution >= 4 is 17.7 Å². The summed E-state index contributed by atoms with van der Waals surface area (Å²) in [5.41, 5.74) is 5.62. The van der Waals surface area contributed by atoms with Gasteiger partial charge in [0.05, 0.1) is 5.92 Å². The molecule has 3 unspecified atom stereocenters. The highest BCUT2D eigenvalue weighted by Crippen LogP contribution is 2.25. The van der Waals surface area contributed by atoms with E-state index in [0.29, 0.717) is 17.8 Å². The number of hydrogen-bond donors (Lipinski definition) is 1. The van der Waals surface area contributed by atoms with Crippen LogP contribution >= 0.6 is 11.8 Å². The normalized spacial score (nSPS) is 28.9. The van der Waals surface area contributed by atoms with Crippen LogP contribution in [0.25, 0.3) is 0 Å². The summed E-state index contributed by atoms with van der Waals surface area (Å²) >= 11 is 1.95. The minimum Gasteiger partial charge on any atom is -0.338 e. The van der Waals surface area contributed by atoms with Gasteiger partial charge in [0, 0.05) is 30.1 Å². The zero-order valence-electron chi connectivity index (χ0n) is 9.90. The van der Waals surface area contributed by atoms with E-state index in [4.69, 9.17) is 5.73 Å². The molecule has 0 spiro atoms. The Bertz CT molecular complexity index is 219. The summed E-state index contributed by atoms with van der Waals surface area (Å²) < 4.78 is 0. The Morgan fingerprint density at radius 2 is 2.27 bits per heavy atom. The lowest BCUT2D eigenvalue weighted by atomic mass is 10.0.